The number of non-ortho nitro benzene ring substituents is 1. The average Bonchev–Trinajstić information content (AvgIpc) is 3.72. The third kappa shape index (κ3) is 8.21. The van der Waals surface area contributed by atoms with E-state index >= 15 is 0 Å². The Hall–Kier alpha value is -4.83. The molecule has 3 aromatic carbocycles. The minimum atomic E-state index is -0.427. The predicted octanol–water partition coefficient (Wildman–Crippen LogP) is 6.40. The van der Waals surface area contributed by atoms with Crippen LogP contribution in [-0.2, 0) is 35.5 Å². The van der Waals surface area contributed by atoms with Crippen molar-refractivity contribution in [1.29, 1.82) is 0 Å². The van der Waals surface area contributed by atoms with Gasteiger partial charge in [0.05, 0.1) is 24.1 Å². The van der Waals surface area contributed by atoms with Gasteiger partial charge in [-0.25, -0.2) is 4.98 Å². The van der Waals surface area contributed by atoms with Crippen LogP contribution in [0.1, 0.15) is 42.0 Å². The lowest BCUT2D eigenvalue weighted by atomic mass is 9.97. The second kappa shape index (κ2) is 14.8. The highest BCUT2D eigenvalue weighted by Crippen LogP contribution is 2.22. The Morgan fingerprint density at radius 1 is 1.02 bits per heavy atom. The molecule has 2 aromatic heterocycles. The summed E-state index contributed by atoms with van der Waals surface area (Å²) in [5, 5.41) is 18.5. The Morgan fingerprint density at radius 2 is 1.80 bits per heavy atom. The smallest absolute Gasteiger partial charge is 0.269 e. The molecular weight excluding hydrogens is 586 g/mol. The van der Waals surface area contributed by atoms with Crippen LogP contribution < -0.4 is 5.32 Å². The number of imidazole rings is 1. The van der Waals surface area contributed by atoms with Gasteiger partial charge in [-0.3, -0.25) is 19.7 Å². The quantitative estimate of drug-likeness (QED) is 0.114. The van der Waals surface area contributed by atoms with Crippen molar-refractivity contribution in [3.63, 3.8) is 0 Å². The van der Waals surface area contributed by atoms with Gasteiger partial charge < -0.3 is 14.8 Å². The number of carbonyl (C=O) groups excluding carboxylic acids is 2. The van der Waals surface area contributed by atoms with Gasteiger partial charge in [0.15, 0.2) is 0 Å². The number of nitrogens with zero attached hydrogens (tertiary/aromatic N) is 4. The Labute approximate surface area is 266 Å². The number of hydrogen-bond donors (Lipinski definition) is 1. The molecule has 0 radical (unpaired) electrons. The molecule has 2 atom stereocenters. The van der Waals surface area contributed by atoms with Gasteiger partial charge in [0.1, 0.15) is 0 Å². The van der Waals surface area contributed by atoms with E-state index in [1.165, 1.54) is 12.1 Å². The average molecular weight is 624 g/mol. The number of benzene rings is 3. The monoisotopic (exact) mass is 623 g/mol. The van der Waals surface area contributed by atoms with Crippen molar-refractivity contribution in [2.45, 2.75) is 52.2 Å². The number of nitrogens with one attached hydrogen (secondary N) is 1. The minimum absolute atomic E-state index is 0.0223. The van der Waals surface area contributed by atoms with Gasteiger partial charge in [0, 0.05) is 54.6 Å². The molecule has 2 amide bonds. The molecule has 0 aliphatic rings. The summed E-state index contributed by atoms with van der Waals surface area (Å²) in [7, 11) is 0. The van der Waals surface area contributed by atoms with Gasteiger partial charge in [-0.05, 0) is 39.3 Å². The molecule has 0 saturated carbocycles. The fourth-order valence-electron chi connectivity index (χ4n) is 5.43. The largest absolute Gasteiger partial charge is 0.351 e. The van der Waals surface area contributed by atoms with Crippen LogP contribution in [0.15, 0.2) is 96.8 Å². The molecule has 0 unspecified atom stereocenters. The third-order valence-electron chi connectivity index (χ3n) is 8.23. The second-order valence-electron chi connectivity index (χ2n) is 11.3. The van der Waals surface area contributed by atoms with Gasteiger partial charge >= 0.3 is 0 Å². The first-order valence-corrected chi connectivity index (χ1v) is 16.0. The van der Waals surface area contributed by atoms with Crippen LogP contribution in [-0.4, -0.2) is 43.8 Å². The molecule has 0 aliphatic heterocycles. The molecule has 9 nitrogen and oxygen atoms in total. The molecule has 0 bridgehead atoms. The Morgan fingerprint density at radius 3 is 2.53 bits per heavy atom. The fourth-order valence-corrected chi connectivity index (χ4v) is 6.13. The zero-order chi connectivity index (χ0) is 31.8. The molecule has 1 N–H and O–H groups in total. The topological polar surface area (TPSA) is 110 Å². The molecule has 10 heteroatoms. The molecule has 232 valence electrons. The first-order chi connectivity index (χ1) is 21.8. The van der Waals surface area contributed by atoms with E-state index in [-0.39, 0.29) is 35.9 Å². The zero-order valence-electron chi connectivity index (χ0n) is 25.5. The number of rotatable bonds is 14. The minimum Gasteiger partial charge on any atom is -0.351 e. The molecule has 0 saturated heterocycles. The van der Waals surface area contributed by atoms with Crippen LogP contribution in [0.25, 0.3) is 10.8 Å². The van der Waals surface area contributed by atoms with Crippen molar-refractivity contribution in [2.24, 2.45) is 5.92 Å². The summed E-state index contributed by atoms with van der Waals surface area (Å²) in [4.78, 5) is 45.0. The normalized spacial score (nSPS) is 12.5. The molecule has 0 fully saturated rings. The van der Waals surface area contributed by atoms with Gasteiger partial charge in [-0.1, -0.05) is 80.9 Å². The SMILES string of the molecule is CC[C@H](C)[C@@H](CN(Cc1cccc2ccccc12)C(=O)Cc1cccs1)NC(=O)Cc1cncn1Cc1ccc([N+](=O)[O-])cc1. The number of aromatic nitrogens is 2. The molecule has 0 aliphatic carbocycles. The maximum atomic E-state index is 13.8. The van der Waals surface area contributed by atoms with Crippen LogP contribution in [0.5, 0.6) is 0 Å². The maximum Gasteiger partial charge on any atom is 0.269 e. The second-order valence-corrected chi connectivity index (χ2v) is 12.4. The Balaban J connectivity index is 1.32. The number of carbonyl (C=O) groups is 2. The number of fused-ring (bicyclic) bond motifs is 1. The maximum absolute atomic E-state index is 13.8. The van der Waals surface area contributed by atoms with Crippen molar-refractivity contribution in [1.82, 2.24) is 19.8 Å². The zero-order valence-corrected chi connectivity index (χ0v) is 26.3. The number of thiophene rings is 1. The van der Waals surface area contributed by atoms with E-state index in [1.807, 2.05) is 45.2 Å². The van der Waals surface area contributed by atoms with E-state index in [0.29, 0.717) is 26.1 Å². The molecule has 2 heterocycles. The van der Waals surface area contributed by atoms with Crippen LogP contribution >= 0.6 is 11.3 Å². The van der Waals surface area contributed by atoms with Crippen LogP contribution in [0, 0.1) is 16.0 Å². The van der Waals surface area contributed by atoms with Gasteiger partial charge in [0.2, 0.25) is 11.8 Å². The van der Waals surface area contributed by atoms with Crippen molar-refractivity contribution in [2.75, 3.05) is 6.54 Å². The van der Waals surface area contributed by atoms with Gasteiger partial charge in [0.25, 0.3) is 5.69 Å². The Bertz CT molecular complexity index is 1740. The first-order valence-electron chi connectivity index (χ1n) is 15.1. The first kappa shape index (κ1) is 31.6. The van der Waals surface area contributed by atoms with Crippen LogP contribution in [0.3, 0.4) is 0 Å². The highest BCUT2D eigenvalue weighted by atomic mass is 32.1. The van der Waals surface area contributed by atoms with E-state index in [1.54, 1.807) is 36.0 Å². The van der Waals surface area contributed by atoms with Crippen molar-refractivity contribution in [3.05, 3.63) is 129 Å². The van der Waals surface area contributed by atoms with Gasteiger partial charge in [-0.2, -0.15) is 0 Å². The van der Waals surface area contributed by atoms with Crippen LogP contribution in [0.2, 0.25) is 0 Å². The van der Waals surface area contributed by atoms with Gasteiger partial charge in [-0.15, -0.1) is 11.3 Å². The molecule has 5 rings (SSSR count). The highest BCUT2D eigenvalue weighted by molar-refractivity contribution is 7.10. The summed E-state index contributed by atoms with van der Waals surface area (Å²) in [6.45, 7) is 5.45. The fraction of sp³-hybridized carbons (Fsp3) is 0.286. The lowest BCUT2D eigenvalue weighted by molar-refractivity contribution is -0.384. The summed E-state index contributed by atoms with van der Waals surface area (Å²) >= 11 is 1.57. The van der Waals surface area contributed by atoms with Crippen molar-refractivity contribution < 1.29 is 14.5 Å². The van der Waals surface area contributed by atoms with E-state index < -0.39 is 4.92 Å². The van der Waals surface area contributed by atoms with Crippen molar-refractivity contribution >= 4 is 39.6 Å². The summed E-state index contributed by atoms with van der Waals surface area (Å²) in [5.41, 5.74) is 2.70. The van der Waals surface area contributed by atoms with Crippen molar-refractivity contribution in [3.8, 4) is 0 Å². The van der Waals surface area contributed by atoms with Crippen LogP contribution in [0.4, 0.5) is 5.69 Å². The highest BCUT2D eigenvalue weighted by Gasteiger charge is 2.26. The van der Waals surface area contributed by atoms with E-state index in [2.05, 4.69) is 48.4 Å². The number of nitro groups is 1. The summed E-state index contributed by atoms with van der Waals surface area (Å²) in [5.74, 6) is -0.000739. The summed E-state index contributed by atoms with van der Waals surface area (Å²) < 4.78 is 1.87. The molecule has 0 spiro atoms. The standard InChI is InChI=1S/C35H37N5O4S/c1-3-25(2)33(37-34(41)18-30-20-36-24-39(30)21-26-13-15-29(16-14-26)40(43)44)23-38(35(42)19-31-11-7-17-45-31)22-28-10-6-9-27-8-4-5-12-32(27)28/h4-17,20,24-25,33H,3,18-19,21-23H2,1-2H3,(H,37,41)/t25-,33+/m0/s1. The van der Waals surface area contributed by atoms with E-state index in [0.717, 1.165) is 38.9 Å². The number of amides is 2. The Kier molecular flexibility index (Phi) is 10.4. The predicted molar refractivity (Wildman–Crippen MR) is 177 cm³/mol. The van der Waals surface area contributed by atoms with E-state index in [4.69, 9.17) is 0 Å². The molecular formula is C35H37N5O4S. The van der Waals surface area contributed by atoms with E-state index in [9.17, 15) is 19.7 Å². The number of hydrogen-bond acceptors (Lipinski definition) is 6. The summed E-state index contributed by atoms with van der Waals surface area (Å²) in [6.07, 6.45) is 4.59. The number of nitro benzene ring substituents is 1. The molecule has 5 aromatic rings. The summed E-state index contributed by atoms with van der Waals surface area (Å²) in [6, 6.07) is 24.4. The molecule has 45 heavy (non-hydrogen) atoms. The third-order valence-corrected chi connectivity index (χ3v) is 9.11. The lowest BCUT2D eigenvalue weighted by Gasteiger charge is -2.32. The lowest BCUT2D eigenvalue weighted by Crippen LogP contribution is -2.49.